The molecular formula is C31H53NO5S. The zero-order valence-electron chi connectivity index (χ0n) is 24.8. The van der Waals surface area contributed by atoms with Gasteiger partial charge in [-0.05, 0) is 91.3 Å². The number of carbonyl (C=O) groups excluding carboxylic acids is 1. The topological polar surface area (TPSA) is 81.7 Å². The van der Waals surface area contributed by atoms with Gasteiger partial charge in [-0.25, -0.2) is 4.79 Å². The number of rotatable bonds is 10. The third-order valence-corrected chi connectivity index (χ3v) is 11.8. The fourth-order valence-electron chi connectivity index (χ4n) is 9.29. The molecule has 0 aromatic carbocycles. The van der Waals surface area contributed by atoms with Crippen LogP contribution in [0.5, 0.6) is 0 Å². The SMILES string of the molecule is CC(C)CCC[C@@H](C)[C@H]1CCC2C3CC=C4CC(OC(=O)NCCOS(C)(=O)=O)CC[C@]4(C)C3CC[C@@]21C. The average molecular weight is 552 g/mol. The summed E-state index contributed by atoms with van der Waals surface area (Å²) in [4.78, 5) is 12.3. The maximum Gasteiger partial charge on any atom is 0.407 e. The van der Waals surface area contributed by atoms with E-state index in [2.05, 4.69) is 50.2 Å². The van der Waals surface area contributed by atoms with E-state index in [0.717, 1.165) is 61.0 Å². The first-order chi connectivity index (χ1) is 17.8. The first kappa shape index (κ1) is 29.9. The average Bonchev–Trinajstić information content (AvgIpc) is 3.18. The predicted octanol–water partition coefficient (Wildman–Crippen LogP) is 7.10. The van der Waals surface area contributed by atoms with Crippen LogP contribution in [0.25, 0.3) is 0 Å². The first-order valence-electron chi connectivity index (χ1n) is 15.3. The van der Waals surface area contributed by atoms with E-state index in [-0.39, 0.29) is 24.7 Å². The Morgan fingerprint density at radius 1 is 1.08 bits per heavy atom. The van der Waals surface area contributed by atoms with E-state index in [9.17, 15) is 13.2 Å². The summed E-state index contributed by atoms with van der Waals surface area (Å²) >= 11 is 0. The summed E-state index contributed by atoms with van der Waals surface area (Å²) in [5.41, 5.74) is 2.23. The van der Waals surface area contributed by atoms with Gasteiger partial charge >= 0.3 is 6.09 Å². The molecule has 1 N–H and O–H groups in total. The van der Waals surface area contributed by atoms with Crippen LogP contribution in [0.3, 0.4) is 0 Å². The predicted molar refractivity (Wildman–Crippen MR) is 152 cm³/mol. The van der Waals surface area contributed by atoms with Crippen molar-refractivity contribution in [3.05, 3.63) is 11.6 Å². The summed E-state index contributed by atoms with van der Waals surface area (Å²) in [7, 11) is -3.50. The molecule has 38 heavy (non-hydrogen) atoms. The van der Waals surface area contributed by atoms with Crippen molar-refractivity contribution in [1.82, 2.24) is 5.32 Å². The van der Waals surface area contributed by atoms with Crippen molar-refractivity contribution in [3.63, 3.8) is 0 Å². The molecule has 0 aliphatic heterocycles. The largest absolute Gasteiger partial charge is 0.446 e. The number of hydrogen-bond acceptors (Lipinski definition) is 5. The zero-order valence-corrected chi connectivity index (χ0v) is 25.6. The molecule has 0 radical (unpaired) electrons. The van der Waals surface area contributed by atoms with Crippen molar-refractivity contribution in [2.24, 2.45) is 46.3 Å². The number of carbonyl (C=O) groups is 1. The molecule has 8 atom stereocenters. The summed E-state index contributed by atoms with van der Waals surface area (Å²) in [6, 6.07) is 0. The molecule has 0 aromatic heterocycles. The summed E-state index contributed by atoms with van der Waals surface area (Å²) in [5, 5.41) is 2.62. The minimum Gasteiger partial charge on any atom is -0.446 e. The smallest absolute Gasteiger partial charge is 0.407 e. The number of ether oxygens (including phenoxy) is 1. The van der Waals surface area contributed by atoms with E-state index >= 15 is 0 Å². The van der Waals surface area contributed by atoms with Crippen LogP contribution >= 0.6 is 0 Å². The third kappa shape index (κ3) is 6.45. The third-order valence-electron chi connectivity index (χ3n) is 11.2. The number of allylic oxidation sites excluding steroid dienone is 1. The monoisotopic (exact) mass is 551 g/mol. The molecule has 1 amide bonds. The van der Waals surface area contributed by atoms with Gasteiger partial charge in [0.2, 0.25) is 0 Å². The molecule has 218 valence electrons. The number of nitrogens with one attached hydrogen (secondary N) is 1. The maximum atomic E-state index is 12.3. The van der Waals surface area contributed by atoms with Gasteiger partial charge in [0.15, 0.2) is 0 Å². The first-order valence-corrected chi connectivity index (χ1v) is 17.1. The van der Waals surface area contributed by atoms with E-state index in [0.29, 0.717) is 5.41 Å². The van der Waals surface area contributed by atoms with Gasteiger partial charge in [-0.3, -0.25) is 4.18 Å². The van der Waals surface area contributed by atoms with Crippen LogP contribution in [-0.4, -0.2) is 40.0 Å². The van der Waals surface area contributed by atoms with Gasteiger partial charge in [-0.15, -0.1) is 0 Å². The Morgan fingerprint density at radius 3 is 2.55 bits per heavy atom. The Hall–Kier alpha value is -1.08. The lowest BCUT2D eigenvalue weighted by atomic mass is 9.47. The Labute approximate surface area is 232 Å². The van der Waals surface area contributed by atoms with Crippen LogP contribution in [0.4, 0.5) is 4.79 Å². The number of amides is 1. The molecule has 3 fully saturated rings. The standard InChI is InChI=1S/C31H53NO5S/c1-21(2)8-7-9-22(3)26-12-13-27-25-11-10-23-20-24(37-29(33)32-18-19-36-38(6,34)35)14-16-30(23,4)28(25)15-17-31(26,27)5/h10,21-22,24-28H,7-9,11-20H2,1-6H3,(H,32,33)/t22-,24?,25?,26-,27?,28?,30+,31-/m1/s1. The molecule has 0 aromatic rings. The second kappa shape index (κ2) is 11.8. The highest BCUT2D eigenvalue weighted by Gasteiger charge is 2.59. The van der Waals surface area contributed by atoms with Crippen molar-refractivity contribution in [2.75, 3.05) is 19.4 Å². The molecular weight excluding hydrogens is 498 g/mol. The molecule has 4 aliphatic carbocycles. The summed E-state index contributed by atoms with van der Waals surface area (Å²) < 4.78 is 32.5. The van der Waals surface area contributed by atoms with Crippen LogP contribution in [0.1, 0.15) is 105 Å². The van der Waals surface area contributed by atoms with Crippen molar-refractivity contribution < 1.29 is 22.1 Å². The zero-order chi connectivity index (χ0) is 27.7. The normalized spacial score (nSPS) is 37.6. The quantitative estimate of drug-likeness (QED) is 0.178. The highest BCUT2D eigenvalue weighted by atomic mass is 32.2. The Kier molecular flexibility index (Phi) is 9.28. The molecule has 0 spiro atoms. The Balaban J connectivity index is 1.34. The highest BCUT2D eigenvalue weighted by Crippen LogP contribution is 2.67. The van der Waals surface area contributed by atoms with E-state index in [4.69, 9.17) is 4.74 Å². The summed E-state index contributed by atoms with van der Waals surface area (Å²) in [5.74, 6) is 4.92. The van der Waals surface area contributed by atoms with Crippen molar-refractivity contribution >= 4 is 16.2 Å². The van der Waals surface area contributed by atoms with Gasteiger partial charge in [0.05, 0.1) is 12.9 Å². The van der Waals surface area contributed by atoms with E-state index < -0.39 is 16.2 Å². The molecule has 0 heterocycles. The molecule has 3 saturated carbocycles. The fraction of sp³-hybridized carbons (Fsp3) is 0.903. The second-order valence-electron chi connectivity index (χ2n) is 14.0. The van der Waals surface area contributed by atoms with Gasteiger partial charge < -0.3 is 10.1 Å². The van der Waals surface area contributed by atoms with E-state index in [1.807, 2.05) is 0 Å². The minimum absolute atomic E-state index is 0.0808. The van der Waals surface area contributed by atoms with Gasteiger partial charge in [0, 0.05) is 13.0 Å². The Bertz CT molecular complexity index is 977. The van der Waals surface area contributed by atoms with Gasteiger partial charge in [-0.2, -0.15) is 8.42 Å². The lowest BCUT2D eigenvalue weighted by molar-refractivity contribution is -0.0581. The number of alkyl carbamates (subject to hydrolysis) is 1. The molecule has 4 rings (SSSR count). The number of hydrogen-bond donors (Lipinski definition) is 1. The van der Waals surface area contributed by atoms with Gasteiger partial charge in [0.25, 0.3) is 10.1 Å². The van der Waals surface area contributed by atoms with Gasteiger partial charge in [-0.1, -0.05) is 65.5 Å². The lowest BCUT2D eigenvalue weighted by Crippen LogP contribution is -2.51. The highest BCUT2D eigenvalue weighted by molar-refractivity contribution is 7.85. The summed E-state index contributed by atoms with van der Waals surface area (Å²) in [6.45, 7) is 12.4. The van der Waals surface area contributed by atoms with Crippen LogP contribution in [-0.2, 0) is 19.0 Å². The molecule has 0 bridgehead atoms. The molecule has 4 unspecified atom stereocenters. The van der Waals surface area contributed by atoms with Crippen LogP contribution < -0.4 is 5.32 Å². The number of fused-ring (bicyclic) bond motifs is 5. The van der Waals surface area contributed by atoms with Crippen molar-refractivity contribution in [1.29, 1.82) is 0 Å². The Morgan fingerprint density at radius 2 is 1.84 bits per heavy atom. The lowest BCUT2D eigenvalue weighted by Gasteiger charge is -2.58. The molecule has 6 nitrogen and oxygen atoms in total. The van der Waals surface area contributed by atoms with E-state index in [1.54, 1.807) is 0 Å². The minimum atomic E-state index is -3.50. The fourth-order valence-corrected chi connectivity index (χ4v) is 9.68. The van der Waals surface area contributed by atoms with Gasteiger partial charge in [0.1, 0.15) is 6.10 Å². The van der Waals surface area contributed by atoms with Crippen LogP contribution in [0, 0.1) is 46.3 Å². The summed E-state index contributed by atoms with van der Waals surface area (Å²) in [6.07, 6.45) is 16.6. The van der Waals surface area contributed by atoms with Crippen LogP contribution in [0.2, 0.25) is 0 Å². The van der Waals surface area contributed by atoms with Crippen LogP contribution in [0.15, 0.2) is 11.6 Å². The maximum absolute atomic E-state index is 12.3. The molecule has 0 saturated heterocycles. The molecule has 4 aliphatic rings. The van der Waals surface area contributed by atoms with Crippen molar-refractivity contribution in [2.45, 2.75) is 111 Å². The molecule has 7 heteroatoms. The van der Waals surface area contributed by atoms with Crippen molar-refractivity contribution in [3.8, 4) is 0 Å². The second-order valence-corrected chi connectivity index (χ2v) is 15.7. The van der Waals surface area contributed by atoms with E-state index in [1.165, 1.54) is 56.9 Å².